The van der Waals surface area contributed by atoms with Crippen molar-refractivity contribution in [2.75, 3.05) is 5.32 Å². The number of anilines is 1. The van der Waals surface area contributed by atoms with Crippen LogP contribution in [0.4, 0.5) is 10.1 Å². The summed E-state index contributed by atoms with van der Waals surface area (Å²) in [5.74, 6) is -0.345. The zero-order valence-corrected chi connectivity index (χ0v) is 11.3. The van der Waals surface area contributed by atoms with Crippen LogP contribution in [-0.2, 0) is 0 Å². The largest absolute Gasteiger partial charge is 0.335 e. The molecule has 1 aromatic carbocycles. The number of halogens is 2. The van der Waals surface area contributed by atoms with Crippen LogP contribution in [0.25, 0.3) is 0 Å². The molecule has 1 aliphatic rings. The first-order valence-electron chi connectivity index (χ1n) is 5.50. The Hall–Kier alpha value is -0.740. The summed E-state index contributed by atoms with van der Waals surface area (Å²) in [5.41, 5.74) is 0.641. The van der Waals surface area contributed by atoms with Gasteiger partial charge in [0.2, 0.25) is 0 Å². The van der Waals surface area contributed by atoms with E-state index < -0.39 is 0 Å². The SMILES string of the molecule is CC1CC(C)SC(Nc2cc(F)cc(Cl)c2)=N1. The summed E-state index contributed by atoms with van der Waals surface area (Å²) in [7, 11) is 0. The van der Waals surface area contributed by atoms with Crippen LogP contribution in [-0.4, -0.2) is 16.5 Å². The summed E-state index contributed by atoms with van der Waals surface area (Å²) in [6, 6.07) is 4.70. The quantitative estimate of drug-likeness (QED) is 0.830. The minimum Gasteiger partial charge on any atom is -0.335 e. The Kier molecular flexibility index (Phi) is 3.94. The molecule has 5 heteroatoms. The zero-order valence-electron chi connectivity index (χ0n) is 9.71. The van der Waals surface area contributed by atoms with E-state index in [-0.39, 0.29) is 5.82 Å². The van der Waals surface area contributed by atoms with E-state index in [0.29, 0.717) is 22.0 Å². The normalized spacial score (nSPS) is 24.4. The molecule has 2 nitrogen and oxygen atoms in total. The molecule has 0 amide bonds. The number of nitrogens with zero attached hydrogens (tertiary/aromatic N) is 1. The molecule has 0 spiro atoms. The first kappa shape index (κ1) is 12.7. The molecule has 1 heterocycles. The van der Waals surface area contributed by atoms with E-state index in [0.717, 1.165) is 11.6 Å². The molecule has 0 bridgehead atoms. The van der Waals surface area contributed by atoms with Crippen molar-refractivity contribution in [2.24, 2.45) is 4.99 Å². The number of amidine groups is 1. The van der Waals surface area contributed by atoms with Gasteiger partial charge in [0, 0.05) is 16.0 Å². The molecule has 1 aliphatic heterocycles. The molecule has 0 saturated carbocycles. The first-order chi connectivity index (χ1) is 8.02. The Balaban J connectivity index is 2.15. The predicted octanol–water partition coefficient (Wildman–Crippen LogP) is 4.16. The first-order valence-corrected chi connectivity index (χ1v) is 6.76. The van der Waals surface area contributed by atoms with Gasteiger partial charge in [-0.3, -0.25) is 4.99 Å². The summed E-state index contributed by atoms with van der Waals surface area (Å²) in [5, 5.41) is 4.85. The molecule has 0 aliphatic carbocycles. The van der Waals surface area contributed by atoms with Gasteiger partial charge in [0.05, 0.1) is 6.04 Å². The second-order valence-corrected chi connectivity index (χ2v) is 6.09. The van der Waals surface area contributed by atoms with Gasteiger partial charge in [-0.05, 0) is 31.5 Å². The number of benzene rings is 1. The second kappa shape index (κ2) is 5.27. The Bertz CT molecular complexity index is 430. The van der Waals surface area contributed by atoms with Crippen LogP contribution < -0.4 is 5.32 Å². The van der Waals surface area contributed by atoms with E-state index in [1.807, 2.05) is 0 Å². The third kappa shape index (κ3) is 3.61. The monoisotopic (exact) mass is 272 g/mol. The van der Waals surface area contributed by atoms with Crippen LogP contribution in [0.1, 0.15) is 20.3 Å². The molecule has 17 heavy (non-hydrogen) atoms. The fourth-order valence-corrected chi connectivity index (χ4v) is 3.21. The molecular weight excluding hydrogens is 259 g/mol. The van der Waals surface area contributed by atoms with Crippen molar-refractivity contribution in [2.45, 2.75) is 31.6 Å². The van der Waals surface area contributed by atoms with Crippen molar-refractivity contribution < 1.29 is 4.39 Å². The van der Waals surface area contributed by atoms with Gasteiger partial charge < -0.3 is 5.32 Å². The molecule has 2 rings (SSSR count). The van der Waals surface area contributed by atoms with Crippen LogP contribution in [0.2, 0.25) is 5.02 Å². The highest BCUT2D eigenvalue weighted by Crippen LogP contribution is 2.27. The molecule has 0 aromatic heterocycles. The molecule has 2 atom stereocenters. The predicted molar refractivity (Wildman–Crippen MR) is 73.6 cm³/mol. The molecule has 0 saturated heterocycles. The van der Waals surface area contributed by atoms with Gasteiger partial charge in [-0.1, -0.05) is 30.3 Å². The highest BCUT2D eigenvalue weighted by Gasteiger charge is 2.18. The van der Waals surface area contributed by atoms with Crippen LogP contribution >= 0.6 is 23.4 Å². The topological polar surface area (TPSA) is 24.4 Å². The van der Waals surface area contributed by atoms with Crippen molar-refractivity contribution in [3.63, 3.8) is 0 Å². The van der Waals surface area contributed by atoms with Gasteiger partial charge in [0.15, 0.2) is 5.17 Å². The maximum atomic E-state index is 13.2. The zero-order chi connectivity index (χ0) is 12.4. The lowest BCUT2D eigenvalue weighted by atomic mass is 10.2. The van der Waals surface area contributed by atoms with Crippen LogP contribution in [0, 0.1) is 5.82 Å². The summed E-state index contributed by atoms with van der Waals surface area (Å²) in [6.07, 6.45) is 1.07. The lowest BCUT2D eigenvalue weighted by Crippen LogP contribution is -2.22. The maximum absolute atomic E-state index is 13.2. The van der Waals surface area contributed by atoms with Crippen molar-refractivity contribution in [3.05, 3.63) is 29.0 Å². The number of hydrogen-bond acceptors (Lipinski definition) is 3. The minimum absolute atomic E-state index is 0.304. The van der Waals surface area contributed by atoms with Crippen LogP contribution in [0.5, 0.6) is 0 Å². The van der Waals surface area contributed by atoms with Gasteiger partial charge in [-0.2, -0.15) is 0 Å². The van der Waals surface area contributed by atoms with Crippen molar-refractivity contribution in [3.8, 4) is 0 Å². The van der Waals surface area contributed by atoms with E-state index in [9.17, 15) is 4.39 Å². The van der Waals surface area contributed by atoms with E-state index in [1.165, 1.54) is 12.1 Å². The molecule has 92 valence electrons. The number of rotatable bonds is 1. The second-order valence-electron chi connectivity index (χ2n) is 4.23. The lowest BCUT2D eigenvalue weighted by Gasteiger charge is -2.23. The van der Waals surface area contributed by atoms with E-state index in [4.69, 9.17) is 11.6 Å². The molecule has 2 unspecified atom stereocenters. The molecular formula is C12H14ClFN2S. The third-order valence-corrected chi connectivity index (χ3v) is 3.68. The summed E-state index contributed by atoms with van der Waals surface area (Å²) >= 11 is 7.47. The van der Waals surface area contributed by atoms with Crippen LogP contribution in [0.15, 0.2) is 23.2 Å². The average molecular weight is 273 g/mol. The minimum atomic E-state index is -0.345. The Morgan fingerprint density at radius 3 is 2.82 bits per heavy atom. The number of nitrogens with one attached hydrogen (secondary N) is 1. The van der Waals surface area contributed by atoms with Gasteiger partial charge in [-0.15, -0.1) is 0 Å². The number of thioether (sulfide) groups is 1. The fourth-order valence-electron chi connectivity index (χ4n) is 1.81. The Morgan fingerprint density at radius 2 is 2.18 bits per heavy atom. The van der Waals surface area contributed by atoms with Gasteiger partial charge in [-0.25, -0.2) is 4.39 Å². The number of aliphatic imine (C=N–C) groups is 1. The molecule has 0 radical (unpaired) electrons. The average Bonchev–Trinajstić information content (AvgIpc) is 2.13. The Labute approximate surface area is 110 Å². The van der Waals surface area contributed by atoms with Gasteiger partial charge >= 0.3 is 0 Å². The van der Waals surface area contributed by atoms with E-state index in [2.05, 4.69) is 24.2 Å². The molecule has 1 N–H and O–H groups in total. The Morgan fingerprint density at radius 1 is 1.41 bits per heavy atom. The highest BCUT2D eigenvalue weighted by molar-refractivity contribution is 8.14. The molecule has 0 fully saturated rings. The van der Waals surface area contributed by atoms with E-state index >= 15 is 0 Å². The number of hydrogen-bond donors (Lipinski definition) is 1. The summed E-state index contributed by atoms with van der Waals surface area (Å²) in [4.78, 5) is 4.49. The van der Waals surface area contributed by atoms with Crippen LogP contribution in [0.3, 0.4) is 0 Å². The lowest BCUT2D eigenvalue weighted by molar-refractivity contribution is 0.628. The van der Waals surface area contributed by atoms with Crippen molar-refractivity contribution >= 4 is 34.2 Å². The highest BCUT2D eigenvalue weighted by atomic mass is 35.5. The fraction of sp³-hybridized carbons (Fsp3) is 0.417. The van der Waals surface area contributed by atoms with Crippen molar-refractivity contribution in [1.29, 1.82) is 0 Å². The smallest absolute Gasteiger partial charge is 0.161 e. The maximum Gasteiger partial charge on any atom is 0.161 e. The standard InChI is InChI=1S/C12H14ClFN2S/c1-7-3-8(2)17-12(15-7)16-11-5-9(13)4-10(14)6-11/h4-8H,3H2,1-2H3,(H,15,16). The summed E-state index contributed by atoms with van der Waals surface area (Å²) < 4.78 is 13.2. The molecule has 1 aromatic rings. The van der Waals surface area contributed by atoms with Gasteiger partial charge in [0.1, 0.15) is 5.82 Å². The van der Waals surface area contributed by atoms with Crippen molar-refractivity contribution in [1.82, 2.24) is 0 Å². The van der Waals surface area contributed by atoms with Gasteiger partial charge in [0.25, 0.3) is 0 Å². The summed E-state index contributed by atoms with van der Waals surface area (Å²) in [6.45, 7) is 4.24. The van der Waals surface area contributed by atoms with E-state index in [1.54, 1.807) is 17.8 Å². The third-order valence-electron chi connectivity index (χ3n) is 2.44.